The minimum Gasteiger partial charge on any atom is -0.324 e. The summed E-state index contributed by atoms with van der Waals surface area (Å²) in [5.74, 6) is -1.01. The van der Waals surface area contributed by atoms with Crippen molar-refractivity contribution in [3.8, 4) is 5.69 Å². The highest BCUT2D eigenvalue weighted by atomic mass is 19.1. The van der Waals surface area contributed by atoms with Gasteiger partial charge in [-0.25, -0.2) is 13.8 Å². The van der Waals surface area contributed by atoms with Gasteiger partial charge in [-0.1, -0.05) is 55.5 Å². The first kappa shape index (κ1) is 25.0. The van der Waals surface area contributed by atoms with Crippen LogP contribution >= 0.6 is 0 Å². The fourth-order valence-electron chi connectivity index (χ4n) is 4.65. The maximum atomic E-state index is 14.1. The monoisotopic (exact) mass is 509 g/mol. The molecule has 0 aliphatic carbocycles. The van der Waals surface area contributed by atoms with E-state index in [0.717, 1.165) is 5.56 Å². The molecule has 7 heteroatoms. The van der Waals surface area contributed by atoms with Crippen molar-refractivity contribution in [2.45, 2.75) is 25.9 Å². The zero-order valence-electron chi connectivity index (χ0n) is 20.7. The lowest BCUT2D eigenvalue weighted by molar-refractivity contribution is 0.0640. The zero-order chi connectivity index (χ0) is 26.6. The number of amides is 1. The summed E-state index contributed by atoms with van der Waals surface area (Å²) in [6.07, 6.45) is 0.417. The number of fused-ring (bicyclic) bond motifs is 1. The summed E-state index contributed by atoms with van der Waals surface area (Å²) in [5.41, 5.74) is 1.65. The van der Waals surface area contributed by atoms with Gasteiger partial charge in [-0.15, -0.1) is 0 Å². The Bertz CT molecular complexity index is 1650. The highest BCUT2D eigenvalue weighted by molar-refractivity contribution is 5.94. The molecule has 0 aliphatic rings. The van der Waals surface area contributed by atoms with E-state index in [1.54, 1.807) is 35.2 Å². The van der Waals surface area contributed by atoms with Crippen molar-refractivity contribution in [3.63, 3.8) is 0 Å². The van der Waals surface area contributed by atoms with Gasteiger partial charge in [-0.05, 0) is 66.6 Å². The Kier molecular flexibility index (Phi) is 7.09. The first-order valence-electron chi connectivity index (χ1n) is 12.3. The van der Waals surface area contributed by atoms with Crippen molar-refractivity contribution in [3.05, 3.63) is 142 Å². The Labute approximate surface area is 218 Å². The molecule has 1 amide bonds. The first-order valence-corrected chi connectivity index (χ1v) is 12.3. The Balaban J connectivity index is 1.73. The predicted molar refractivity (Wildman–Crippen MR) is 143 cm³/mol. The molecule has 1 heterocycles. The molecule has 190 valence electrons. The molecule has 1 atom stereocenters. The van der Waals surface area contributed by atoms with Crippen LogP contribution in [0.1, 0.15) is 41.1 Å². The lowest BCUT2D eigenvalue weighted by Crippen LogP contribution is -2.38. The lowest BCUT2D eigenvalue weighted by atomic mass is 10.1. The number of carbonyl (C=O) groups is 1. The van der Waals surface area contributed by atoms with E-state index in [2.05, 4.69) is 0 Å². The molecule has 0 spiro atoms. The molecule has 1 unspecified atom stereocenters. The molecule has 5 aromatic rings. The van der Waals surface area contributed by atoms with Gasteiger partial charge in [0.1, 0.15) is 17.5 Å². The smallest absolute Gasteiger partial charge is 0.266 e. The molecule has 0 N–H and O–H groups in total. The summed E-state index contributed by atoms with van der Waals surface area (Å²) >= 11 is 0. The van der Waals surface area contributed by atoms with Crippen LogP contribution in [0, 0.1) is 11.6 Å². The van der Waals surface area contributed by atoms with Gasteiger partial charge in [0.05, 0.1) is 22.6 Å². The van der Waals surface area contributed by atoms with Gasteiger partial charge in [0.25, 0.3) is 11.5 Å². The van der Waals surface area contributed by atoms with E-state index in [1.165, 1.54) is 47.0 Å². The number of rotatable bonds is 7. The minimum atomic E-state index is -0.659. The van der Waals surface area contributed by atoms with Crippen molar-refractivity contribution in [1.82, 2.24) is 14.5 Å². The van der Waals surface area contributed by atoms with Gasteiger partial charge in [0.15, 0.2) is 0 Å². The topological polar surface area (TPSA) is 55.2 Å². The number of carbonyl (C=O) groups excluding carboxylic acids is 1. The highest BCUT2D eigenvalue weighted by Crippen LogP contribution is 2.29. The molecule has 0 aliphatic heterocycles. The van der Waals surface area contributed by atoms with Crippen LogP contribution in [-0.4, -0.2) is 20.4 Å². The Morgan fingerprint density at radius 3 is 2.29 bits per heavy atom. The largest absolute Gasteiger partial charge is 0.324 e. The summed E-state index contributed by atoms with van der Waals surface area (Å²) in [5, 5.41) is 0.404. The SMILES string of the molecule is CCC(c1nc2ccccc2c(=O)n1-c1ccc(F)cc1)N(Cc1ccccc1)C(=O)c1cccc(F)c1. The van der Waals surface area contributed by atoms with E-state index < -0.39 is 23.6 Å². The molecular formula is C31H25F2N3O2. The van der Waals surface area contributed by atoms with E-state index in [0.29, 0.717) is 28.8 Å². The van der Waals surface area contributed by atoms with Crippen molar-refractivity contribution >= 4 is 16.8 Å². The molecule has 5 nitrogen and oxygen atoms in total. The van der Waals surface area contributed by atoms with Crippen LogP contribution in [0.5, 0.6) is 0 Å². The van der Waals surface area contributed by atoms with Crippen LogP contribution in [0.25, 0.3) is 16.6 Å². The van der Waals surface area contributed by atoms with Crippen molar-refractivity contribution in [2.24, 2.45) is 0 Å². The van der Waals surface area contributed by atoms with Crippen molar-refractivity contribution in [1.29, 1.82) is 0 Å². The van der Waals surface area contributed by atoms with Crippen LogP contribution in [-0.2, 0) is 6.54 Å². The predicted octanol–water partition coefficient (Wildman–Crippen LogP) is 6.46. The first-order chi connectivity index (χ1) is 18.5. The molecule has 4 aromatic carbocycles. The molecule has 5 rings (SSSR count). The molecule has 0 saturated heterocycles. The average Bonchev–Trinajstić information content (AvgIpc) is 2.94. The van der Waals surface area contributed by atoms with Gasteiger partial charge in [-0.3, -0.25) is 14.2 Å². The number of aromatic nitrogens is 2. The highest BCUT2D eigenvalue weighted by Gasteiger charge is 2.30. The maximum absolute atomic E-state index is 14.1. The van der Waals surface area contributed by atoms with Crippen LogP contribution < -0.4 is 5.56 Å². The quantitative estimate of drug-likeness (QED) is 0.253. The summed E-state index contributed by atoms with van der Waals surface area (Å²) in [7, 11) is 0. The Morgan fingerprint density at radius 1 is 0.868 bits per heavy atom. The second-order valence-electron chi connectivity index (χ2n) is 8.96. The molecular weight excluding hydrogens is 484 g/mol. The average molecular weight is 510 g/mol. The number of para-hydroxylation sites is 1. The zero-order valence-corrected chi connectivity index (χ0v) is 20.7. The van der Waals surface area contributed by atoms with E-state index in [-0.39, 0.29) is 17.7 Å². The number of nitrogens with zero attached hydrogens (tertiary/aromatic N) is 3. The number of benzene rings is 4. The summed E-state index contributed by atoms with van der Waals surface area (Å²) in [4.78, 5) is 34.2. The number of halogens is 2. The molecule has 1 aromatic heterocycles. The third-order valence-electron chi connectivity index (χ3n) is 6.48. The number of hydrogen-bond acceptors (Lipinski definition) is 3. The lowest BCUT2D eigenvalue weighted by Gasteiger charge is -2.32. The van der Waals surface area contributed by atoms with Crippen molar-refractivity contribution < 1.29 is 13.6 Å². The maximum Gasteiger partial charge on any atom is 0.266 e. The molecule has 0 fully saturated rings. The van der Waals surface area contributed by atoms with Gasteiger partial charge >= 0.3 is 0 Å². The third-order valence-corrected chi connectivity index (χ3v) is 6.48. The summed E-state index contributed by atoms with van der Waals surface area (Å²) in [6, 6.07) is 26.9. The van der Waals surface area contributed by atoms with Crippen molar-refractivity contribution in [2.75, 3.05) is 0 Å². The van der Waals surface area contributed by atoms with Gasteiger partial charge < -0.3 is 4.90 Å². The Hall–Kier alpha value is -4.65. The van der Waals surface area contributed by atoms with Gasteiger partial charge in [0, 0.05) is 12.1 Å². The molecule has 0 bridgehead atoms. The fourth-order valence-corrected chi connectivity index (χ4v) is 4.65. The van der Waals surface area contributed by atoms with Crippen LogP contribution in [0.2, 0.25) is 0 Å². The van der Waals surface area contributed by atoms with Gasteiger partial charge in [-0.2, -0.15) is 0 Å². The fraction of sp³-hybridized carbons (Fsp3) is 0.129. The minimum absolute atomic E-state index is 0.191. The van der Waals surface area contributed by atoms with Gasteiger partial charge in [0.2, 0.25) is 0 Å². The standard InChI is InChI=1S/C31H25F2N3O2/c1-2-28(35(20-21-9-4-3-5-10-21)30(37)22-11-8-12-24(33)19-22)29-34-27-14-7-6-13-26(27)31(38)36(29)25-17-15-23(32)16-18-25/h3-19,28H,2,20H2,1H3. The summed E-state index contributed by atoms with van der Waals surface area (Å²) < 4.78 is 29.3. The van der Waals surface area contributed by atoms with E-state index in [4.69, 9.17) is 4.98 Å². The van der Waals surface area contributed by atoms with E-state index in [1.807, 2.05) is 37.3 Å². The second kappa shape index (κ2) is 10.8. The Morgan fingerprint density at radius 2 is 1.58 bits per heavy atom. The third kappa shape index (κ3) is 4.95. The van der Waals surface area contributed by atoms with E-state index >= 15 is 0 Å². The molecule has 0 saturated carbocycles. The second-order valence-corrected chi connectivity index (χ2v) is 8.96. The molecule has 38 heavy (non-hydrogen) atoms. The van der Waals surface area contributed by atoms with Crippen LogP contribution in [0.3, 0.4) is 0 Å². The number of hydrogen-bond donors (Lipinski definition) is 0. The molecule has 0 radical (unpaired) electrons. The van der Waals surface area contributed by atoms with Crippen LogP contribution in [0.4, 0.5) is 8.78 Å². The summed E-state index contributed by atoms with van der Waals surface area (Å²) in [6.45, 7) is 2.11. The normalized spacial score (nSPS) is 11.9. The van der Waals surface area contributed by atoms with E-state index in [9.17, 15) is 18.4 Å². The van der Waals surface area contributed by atoms with Crippen LogP contribution in [0.15, 0.2) is 108 Å².